The summed E-state index contributed by atoms with van der Waals surface area (Å²) in [6, 6.07) is 25.9. The van der Waals surface area contributed by atoms with Crippen molar-refractivity contribution in [1.82, 2.24) is 19.7 Å². The zero-order valence-electron chi connectivity index (χ0n) is 22.2. The van der Waals surface area contributed by atoms with Gasteiger partial charge in [0, 0.05) is 49.6 Å². The molecule has 0 bridgehead atoms. The number of rotatable bonds is 8. The molecule has 1 saturated heterocycles. The van der Waals surface area contributed by atoms with E-state index in [-0.39, 0.29) is 29.6 Å². The van der Waals surface area contributed by atoms with E-state index < -0.39 is 0 Å². The van der Waals surface area contributed by atoms with Crippen LogP contribution in [0.25, 0.3) is 5.69 Å². The highest BCUT2D eigenvalue weighted by Gasteiger charge is 2.21. The molecular weight excluding hydrogens is 476 g/mol. The minimum Gasteiger partial charge on any atom is -0.508 e. The zero-order chi connectivity index (χ0) is 26.6. The van der Waals surface area contributed by atoms with Gasteiger partial charge in [0.15, 0.2) is 0 Å². The molecule has 3 aromatic carbocycles. The number of phenols is 1. The molecule has 1 aliphatic heterocycles. The summed E-state index contributed by atoms with van der Waals surface area (Å²) in [6.45, 7) is 9.87. The highest BCUT2D eigenvalue weighted by Crippen LogP contribution is 2.23. The maximum absolute atomic E-state index is 13.3. The predicted molar refractivity (Wildman–Crippen MR) is 153 cm³/mol. The molecule has 2 N–H and O–H groups in total. The smallest absolute Gasteiger partial charge is 0.350 e. The van der Waals surface area contributed by atoms with Crippen molar-refractivity contribution >= 4 is 11.4 Å². The first-order valence-corrected chi connectivity index (χ1v) is 13.3. The maximum atomic E-state index is 13.3. The number of phenolic OH excluding ortho intramolecular Hbond substituents is 1. The second kappa shape index (κ2) is 11.1. The first kappa shape index (κ1) is 25.6. The van der Waals surface area contributed by atoms with Crippen LogP contribution in [0.15, 0.2) is 90.0 Å². The average Bonchev–Trinajstić information content (AvgIpc) is 3.34. The Bertz CT molecular complexity index is 1370. The Hall–Kier alpha value is -4.04. The fourth-order valence-electron chi connectivity index (χ4n) is 5.07. The van der Waals surface area contributed by atoms with Crippen molar-refractivity contribution < 1.29 is 5.11 Å². The lowest BCUT2D eigenvalue weighted by Crippen LogP contribution is -2.46. The molecule has 8 nitrogen and oxygen atoms in total. The third-order valence-corrected chi connectivity index (χ3v) is 7.60. The molecule has 5 rings (SSSR count). The maximum Gasteiger partial charge on any atom is 0.350 e. The van der Waals surface area contributed by atoms with Crippen LogP contribution >= 0.6 is 0 Å². The number of aromatic hydroxyl groups is 1. The lowest BCUT2D eigenvalue weighted by Gasteiger charge is -2.37. The first-order valence-electron chi connectivity index (χ1n) is 13.3. The molecule has 8 heteroatoms. The number of nitrogens with zero attached hydrogens (tertiary/aromatic N) is 5. The van der Waals surface area contributed by atoms with Crippen molar-refractivity contribution in [3.05, 3.63) is 101 Å². The topological polar surface area (TPSA) is 78.6 Å². The van der Waals surface area contributed by atoms with Crippen LogP contribution in [0, 0.1) is 0 Å². The van der Waals surface area contributed by atoms with Gasteiger partial charge in [0.2, 0.25) is 0 Å². The SMILES string of the molecule is C[C@@H](N[C@H](C)[C@H](C)n1ncn(-c2ccc(N3CCN(c4ccc(O)cc4)CC3)cc2)c1=O)c1ccccc1. The molecule has 1 fully saturated rings. The molecule has 4 aromatic rings. The van der Waals surface area contributed by atoms with E-state index in [1.807, 2.05) is 49.4 Å². The Labute approximate surface area is 223 Å². The summed E-state index contributed by atoms with van der Waals surface area (Å²) in [5, 5.41) is 17.6. The molecule has 0 aliphatic carbocycles. The Balaban J connectivity index is 1.22. The van der Waals surface area contributed by atoms with Gasteiger partial charge >= 0.3 is 5.69 Å². The quantitative estimate of drug-likeness (QED) is 0.365. The van der Waals surface area contributed by atoms with Gasteiger partial charge in [0.05, 0.1) is 11.7 Å². The molecule has 1 aromatic heterocycles. The molecule has 38 heavy (non-hydrogen) atoms. The van der Waals surface area contributed by atoms with Crippen molar-refractivity contribution in [2.24, 2.45) is 0 Å². The summed E-state index contributed by atoms with van der Waals surface area (Å²) >= 11 is 0. The minimum absolute atomic E-state index is 0.0499. The second-order valence-electron chi connectivity index (χ2n) is 10.1. The van der Waals surface area contributed by atoms with Crippen LogP contribution in [0.4, 0.5) is 11.4 Å². The lowest BCUT2D eigenvalue weighted by molar-refractivity contribution is 0.334. The van der Waals surface area contributed by atoms with E-state index in [0.29, 0.717) is 0 Å². The molecule has 2 heterocycles. The predicted octanol–water partition coefficient (Wildman–Crippen LogP) is 4.37. The first-order chi connectivity index (χ1) is 18.4. The monoisotopic (exact) mass is 512 g/mol. The zero-order valence-corrected chi connectivity index (χ0v) is 22.2. The van der Waals surface area contributed by atoms with Gasteiger partial charge < -0.3 is 20.2 Å². The summed E-state index contributed by atoms with van der Waals surface area (Å²) in [5.41, 5.74) is 4.14. The highest BCUT2D eigenvalue weighted by molar-refractivity contribution is 5.54. The molecule has 1 aliphatic rings. The molecule has 0 radical (unpaired) electrons. The van der Waals surface area contributed by atoms with E-state index in [1.165, 1.54) is 5.56 Å². The number of hydrogen-bond donors (Lipinski definition) is 2. The molecular formula is C30H36N6O2. The molecule has 0 unspecified atom stereocenters. The van der Waals surface area contributed by atoms with Gasteiger partial charge in [-0.1, -0.05) is 30.3 Å². The van der Waals surface area contributed by atoms with E-state index in [2.05, 4.69) is 58.3 Å². The summed E-state index contributed by atoms with van der Waals surface area (Å²) in [7, 11) is 0. The second-order valence-corrected chi connectivity index (χ2v) is 10.1. The fraction of sp³-hybridized carbons (Fsp3) is 0.333. The number of hydrogen-bond acceptors (Lipinski definition) is 6. The van der Waals surface area contributed by atoms with Gasteiger partial charge in [0.1, 0.15) is 12.1 Å². The number of anilines is 2. The molecule has 0 saturated carbocycles. The summed E-state index contributed by atoms with van der Waals surface area (Å²) < 4.78 is 3.17. The van der Waals surface area contributed by atoms with Crippen LogP contribution in [-0.2, 0) is 0 Å². The van der Waals surface area contributed by atoms with Crippen LogP contribution in [-0.4, -0.2) is 51.7 Å². The van der Waals surface area contributed by atoms with Gasteiger partial charge in [0.25, 0.3) is 0 Å². The number of piperazine rings is 1. The Morgan fingerprint density at radius 2 is 1.29 bits per heavy atom. The Morgan fingerprint density at radius 1 is 0.763 bits per heavy atom. The number of aromatic nitrogens is 3. The van der Waals surface area contributed by atoms with E-state index in [0.717, 1.165) is 43.2 Å². The highest BCUT2D eigenvalue weighted by atomic mass is 16.3. The van der Waals surface area contributed by atoms with Crippen molar-refractivity contribution in [2.75, 3.05) is 36.0 Å². The third-order valence-electron chi connectivity index (χ3n) is 7.60. The van der Waals surface area contributed by atoms with Crippen LogP contribution in [0.1, 0.15) is 38.4 Å². The lowest BCUT2D eigenvalue weighted by atomic mass is 10.1. The fourth-order valence-corrected chi connectivity index (χ4v) is 5.07. The largest absolute Gasteiger partial charge is 0.508 e. The van der Waals surface area contributed by atoms with Crippen LogP contribution in [0.2, 0.25) is 0 Å². The van der Waals surface area contributed by atoms with E-state index in [4.69, 9.17) is 0 Å². The van der Waals surface area contributed by atoms with Crippen molar-refractivity contribution in [3.8, 4) is 11.4 Å². The minimum atomic E-state index is -0.145. The standard InChI is InChI=1S/C30H36N6O2/c1-22(32-23(2)25-7-5-4-6-8-25)24(3)36-30(38)35(21-31-36)28-11-9-26(10-12-28)33-17-19-34(20-18-33)27-13-15-29(37)16-14-27/h4-16,21-24,32,37H,17-20H2,1-3H3/t22-,23-,24+/m1/s1. The normalized spacial score (nSPS) is 16.3. The molecule has 0 spiro atoms. The number of benzene rings is 3. The van der Waals surface area contributed by atoms with Crippen LogP contribution in [0.3, 0.4) is 0 Å². The van der Waals surface area contributed by atoms with E-state index >= 15 is 0 Å². The van der Waals surface area contributed by atoms with E-state index in [1.54, 1.807) is 27.7 Å². The van der Waals surface area contributed by atoms with Gasteiger partial charge in [-0.2, -0.15) is 5.10 Å². The van der Waals surface area contributed by atoms with Gasteiger partial charge in [-0.3, -0.25) is 0 Å². The summed E-state index contributed by atoms with van der Waals surface area (Å²) in [5.74, 6) is 0.287. The van der Waals surface area contributed by atoms with Gasteiger partial charge in [-0.15, -0.1) is 0 Å². The average molecular weight is 513 g/mol. The Kier molecular flexibility index (Phi) is 7.51. The summed E-state index contributed by atoms with van der Waals surface area (Å²) in [4.78, 5) is 17.9. The Morgan fingerprint density at radius 3 is 1.87 bits per heavy atom. The van der Waals surface area contributed by atoms with Gasteiger partial charge in [-0.05, 0) is 74.9 Å². The molecule has 3 atom stereocenters. The van der Waals surface area contributed by atoms with Crippen LogP contribution < -0.4 is 20.8 Å². The van der Waals surface area contributed by atoms with Gasteiger partial charge in [-0.25, -0.2) is 14.0 Å². The van der Waals surface area contributed by atoms with E-state index in [9.17, 15) is 9.90 Å². The third kappa shape index (κ3) is 5.45. The van der Waals surface area contributed by atoms with Crippen molar-refractivity contribution in [3.63, 3.8) is 0 Å². The molecule has 0 amide bonds. The van der Waals surface area contributed by atoms with Crippen LogP contribution in [0.5, 0.6) is 5.75 Å². The summed E-state index contributed by atoms with van der Waals surface area (Å²) in [6.07, 6.45) is 1.61. The van der Waals surface area contributed by atoms with Crippen molar-refractivity contribution in [1.29, 1.82) is 0 Å². The van der Waals surface area contributed by atoms with Crippen molar-refractivity contribution in [2.45, 2.75) is 38.9 Å². The molecule has 198 valence electrons. The number of nitrogens with one attached hydrogen (secondary N) is 1.